The van der Waals surface area contributed by atoms with E-state index in [-0.39, 0.29) is 11.5 Å². The molecule has 0 heterocycles. The minimum absolute atomic E-state index is 0.244. The van der Waals surface area contributed by atoms with Crippen molar-refractivity contribution in [1.29, 1.82) is 0 Å². The molecule has 1 aromatic rings. The van der Waals surface area contributed by atoms with Gasteiger partial charge in [-0.3, -0.25) is 4.79 Å². The second-order valence-corrected chi connectivity index (χ2v) is 4.34. The van der Waals surface area contributed by atoms with Crippen molar-refractivity contribution >= 4 is 11.5 Å². The molecular formula is C14H17NO2. The van der Waals surface area contributed by atoms with Crippen LogP contribution in [0.25, 0.3) is 0 Å². The van der Waals surface area contributed by atoms with Crippen molar-refractivity contribution in [2.75, 3.05) is 5.32 Å². The van der Waals surface area contributed by atoms with Gasteiger partial charge in [-0.15, -0.1) is 0 Å². The third-order valence-corrected chi connectivity index (χ3v) is 2.99. The van der Waals surface area contributed by atoms with Gasteiger partial charge in [-0.05, 0) is 43.5 Å². The van der Waals surface area contributed by atoms with Gasteiger partial charge in [0.1, 0.15) is 5.75 Å². The summed E-state index contributed by atoms with van der Waals surface area (Å²) in [6, 6.07) is 6.81. The number of aromatic hydroxyl groups is 1. The fourth-order valence-electron chi connectivity index (χ4n) is 1.96. The van der Waals surface area contributed by atoms with Crippen molar-refractivity contribution in [2.45, 2.75) is 32.1 Å². The summed E-state index contributed by atoms with van der Waals surface area (Å²) in [7, 11) is 0. The topological polar surface area (TPSA) is 49.3 Å². The molecule has 0 bridgehead atoms. The maximum atomic E-state index is 11.7. The predicted octanol–water partition coefficient (Wildman–Crippen LogP) is 3.22. The van der Waals surface area contributed by atoms with Crippen LogP contribution in [0.4, 0.5) is 5.69 Å². The van der Waals surface area contributed by atoms with E-state index < -0.39 is 0 Å². The molecule has 2 rings (SSSR count). The molecule has 0 aromatic heterocycles. The zero-order valence-electron chi connectivity index (χ0n) is 9.78. The van der Waals surface area contributed by atoms with Crippen LogP contribution < -0.4 is 5.32 Å². The fourth-order valence-corrected chi connectivity index (χ4v) is 1.96. The van der Waals surface area contributed by atoms with Crippen LogP contribution in [0, 0.1) is 0 Å². The molecule has 0 atom stereocenters. The Morgan fingerprint density at radius 3 is 2.53 bits per heavy atom. The van der Waals surface area contributed by atoms with Gasteiger partial charge in [-0.1, -0.05) is 6.42 Å². The average Bonchev–Trinajstić information content (AvgIpc) is 2.54. The second-order valence-electron chi connectivity index (χ2n) is 4.34. The predicted molar refractivity (Wildman–Crippen MR) is 67.9 cm³/mol. The molecule has 0 spiro atoms. The van der Waals surface area contributed by atoms with Crippen molar-refractivity contribution < 1.29 is 9.90 Å². The van der Waals surface area contributed by atoms with Gasteiger partial charge >= 0.3 is 0 Å². The Morgan fingerprint density at radius 1 is 1.06 bits per heavy atom. The number of hydrogen-bond acceptors (Lipinski definition) is 3. The first-order valence-electron chi connectivity index (χ1n) is 6.03. The maximum Gasteiger partial charge on any atom is 0.160 e. The molecule has 2 N–H and O–H groups in total. The third-order valence-electron chi connectivity index (χ3n) is 2.99. The van der Waals surface area contributed by atoms with E-state index in [0.717, 1.165) is 36.9 Å². The first kappa shape index (κ1) is 11.7. The van der Waals surface area contributed by atoms with Gasteiger partial charge in [0.2, 0.25) is 0 Å². The standard InChI is InChI=1S/C14H17NO2/c16-13-8-6-12(7-9-13)15-10-11-4-2-1-3-5-14(11)17/h6-10,15-16H,1-5H2/b11-10+. The number of allylic oxidation sites excluding steroid dienone is 1. The molecule has 3 heteroatoms. The Morgan fingerprint density at radius 2 is 1.76 bits per heavy atom. The molecule has 0 aliphatic heterocycles. The van der Waals surface area contributed by atoms with Crippen molar-refractivity contribution in [2.24, 2.45) is 0 Å². The molecule has 1 fully saturated rings. The lowest BCUT2D eigenvalue weighted by Crippen LogP contribution is -2.02. The number of carbonyl (C=O) groups excluding carboxylic acids is 1. The summed E-state index contributed by atoms with van der Waals surface area (Å²) >= 11 is 0. The normalized spacial score (nSPS) is 19.1. The number of benzene rings is 1. The lowest BCUT2D eigenvalue weighted by atomic mass is 10.1. The van der Waals surface area contributed by atoms with Gasteiger partial charge in [-0.2, -0.15) is 0 Å². The lowest BCUT2D eigenvalue weighted by molar-refractivity contribution is -0.115. The van der Waals surface area contributed by atoms with Crippen LogP contribution in [0.5, 0.6) is 5.75 Å². The van der Waals surface area contributed by atoms with Gasteiger partial charge in [-0.25, -0.2) is 0 Å². The molecule has 0 unspecified atom stereocenters. The van der Waals surface area contributed by atoms with Crippen LogP contribution in [0.2, 0.25) is 0 Å². The van der Waals surface area contributed by atoms with Crippen LogP contribution in [0.3, 0.4) is 0 Å². The summed E-state index contributed by atoms with van der Waals surface area (Å²) in [5.74, 6) is 0.502. The van der Waals surface area contributed by atoms with Gasteiger partial charge in [0, 0.05) is 23.9 Å². The Bertz CT molecular complexity index is 420. The number of phenols is 1. The smallest absolute Gasteiger partial charge is 0.160 e. The largest absolute Gasteiger partial charge is 0.508 e. The zero-order valence-corrected chi connectivity index (χ0v) is 9.78. The minimum atomic E-state index is 0.244. The number of phenolic OH excluding ortho intramolecular Hbond substituents is 1. The number of Topliss-reactive ketones (excluding diaryl/α,β-unsaturated/α-hetero) is 1. The highest BCUT2D eigenvalue weighted by molar-refractivity contribution is 5.95. The second kappa shape index (κ2) is 5.53. The Labute approximate surface area is 101 Å². The van der Waals surface area contributed by atoms with E-state index in [1.54, 1.807) is 30.5 Å². The number of ketones is 1. The van der Waals surface area contributed by atoms with E-state index in [1.807, 2.05) is 0 Å². The average molecular weight is 231 g/mol. The van der Waals surface area contributed by atoms with Crippen LogP contribution in [0.15, 0.2) is 36.0 Å². The van der Waals surface area contributed by atoms with Gasteiger partial charge < -0.3 is 10.4 Å². The molecule has 17 heavy (non-hydrogen) atoms. The number of anilines is 1. The first-order valence-corrected chi connectivity index (χ1v) is 6.03. The van der Waals surface area contributed by atoms with E-state index in [0.29, 0.717) is 6.42 Å². The number of rotatable bonds is 2. The quantitative estimate of drug-likeness (QED) is 0.467. The van der Waals surface area contributed by atoms with Crippen molar-refractivity contribution in [3.63, 3.8) is 0 Å². The molecule has 1 aromatic carbocycles. The summed E-state index contributed by atoms with van der Waals surface area (Å²) in [4.78, 5) is 11.7. The van der Waals surface area contributed by atoms with E-state index >= 15 is 0 Å². The lowest BCUT2D eigenvalue weighted by Gasteiger charge is -2.04. The molecule has 1 aliphatic carbocycles. The van der Waals surface area contributed by atoms with Crippen molar-refractivity contribution in [3.8, 4) is 5.75 Å². The maximum absolute atomic E-state index is 11.7. The highest BCUT2D eigenvalue weighted by Crippen LogP contribution is 2.20. The first-order chi connectivity index (χ1) is 8.25. The molecule has 3 nitrogen and oxygen atoms in total. The summed E-state index contributed by atoms with van der Waals surface area (Å²) in [6.45, 7) is 0. The summed E-state index contributed by atoms with van der Waals surface area (Å²) in [5, 5.41) is 12.3. The monoisotopic (exact) mass is 231 g/mol. The SMILES string of the molecule is O=C1CCCCC/C1=C\Nc1ccc(O)cc1. The van der Waals surface area contributed by atoms with Gasteiger partial charge in [0.25, 0.3) is 0 Å². The van der Waals surface area contributed by atoms with E-state index in [1.165, 1.54) is 0 Å². The minimum Gasteiger partial charge on any atom is -0.508 e. The Hall–Kier alpha value is -1.77. The highest BCUT2D eigenvalue weighted by atomic mass is 16.3. The summed E-state index contributed by atoms with van der Waals surface area (Å²) < 4.78 is 0. The molecule has 0 saturated heterocycles. The van der Waals surface area contributed by atoms with E-state index in [4.69, 9.17) is 5.11 Å². The highest BCUT2D eigenvalue weighted by Gasteiger charge is 2.12. The number of hydrogen-bond donors (Lipinski definition) is 2. The van der Waals surface area contributed by atoms with E-state index in [2.05, 4.69) is 5.32 Å². The molecule has 90 valence electrons. The molecule has 0 amide bonds. The van der Waals surface area contributed by atoms with Crippen molar-refractivity contribution in [3.05, 3.63) is 36.0 Å². The van der Waals surface area contributed by atoms with Crippen LogP contribution >= 0.6 is 0 Å². The van der Waals surface area contributed by atoms with Crippen LogP contribution in [-0.2, 0) is 4.79 Å². The zero-order chi connectivity index (χ0) is 12.1. The Kier molecular flexibility index (Phi) is 3.81. The fraction of sp³-hybridized carbons (Fsp3) is 0.357. The van der Waals surface area contributed by atoms with Gasteiger partial charge in [0.05, 0.1) is 0 Å². The molecule has 0 radical (unpaired) electrons. The summed E-state index contributed by atoms with van der Waals surface area (Å²) in [5.41, 5.74) is 1.77. The van der Waals surface area contributed by atoms with Crippen LogP contribution in [-0.4, -0.2) is 10.9 Å². The molecule has 1 aliphatic rings. The number of carbonyl (C=O) groups is 1. The Balaban J connectivity index is 2.03. The van der Waals surface area contributed by atoms with Crippen LogP contribution in [0.1, 0.15) is 32.1 Å². The molecular weight excluding hydrogens is 214 g/mol. The third kappa shape index (κ3) is 3.34. The van der Waals surface area contributed by atoms with Gasteiger partial charge in [0.15, 0.2) is 5.78 Å². The van der Waals surface area contributed by atoms with E-state index in [9.17, 15) is 4.79 Å². The van der Waals surface area contributed by atoms with Crippen molar-refractivity contribution in [1.82, 2.24) is 0 Å². The summed E-state index contributed by atoms with van der Waals surface area (Å²) in [6.07, 6.45) is 6.58. The molecule has 1 saturated carbocycles. The number of nitrogens with one attached hydrogen (secondary N) is 1.